The lowest BCUT2D eigenvalue weighted by Gasteiger charge is -2.41. The van der Waals surface area contributed by atoms with E-state index in [0.29, 0.717) is 12.6 Å². The molecule has 0 aromatic heterocycles. The minimum Gasteiger partial charge on any atom is -0.450 e. The van der Waals surface area contributed by atoms with E-state index in [1.807, 2.05) is 6.92 Å². The van der Waals surface area contributed by atoms with Crippen molar-refractivity contribution in [2.45, 2.75) is 45.1 Å². The summed E-state index contributed by atoms with van der Waals surface area (Å²) in [6, 6.07) is 0.448. The fourth-order valence-electron chi connectivity index (χ4n) is 2.83. The Morgan fingerprint density at radius 2 is 2.06 bits per heavy atom. The number of amides is 1. The lowest BCUT2D eigenvalue weighted by atomic mass is 9.99. The van der Waals surface area contributed by atoms with Crippen LogP contribution in [0.3, 0.4) is 0 Å². The molecule has 2 saturated heterocycles. The third-order valence-electron chi connectivity index (χ3n) is 3.84. The number of hydrogen-bond donors (Lipinski definition) is 1. The summed E-state index contributed by atoms with van der Waals surface area (Å²) >= 11 is 0. The lowest BCUT2D eigenvalue weighted by Crippen LogP contribution is -2.50. The third kappa shape index (κ3) is 2.94. The van der Waals surface area contributed by atoms with Crippen LogP contribution in [-0.2, 0) is 4.74 Å². The van der Waals surface area contributed by atoms with E-state index >= 15 is 0 Å². The van der Waals surface area contributed by atoms with Crippen molar-refractivity contribution in [2.24, 2.45) is 0 Å². The van der Waals surface area contributed by atoms with Crippen LogP contribution in [0.1, 0.15) is 39.0 Å². The van der Waals surface area contributed by atoms with Crippen molar-refractivity contribution in [3.8, 4) is 0 Å². The molecule has 5 nitrogen and oxygen atoms in total. The zero-order valence-electron chi connectivity index (χ0n) is 11.2. The van der Waals surface area contributed by atoms with Crippen LogP contribution in [0.4, 0.5) is 4.79 Å². The number of carbonyl (C=O) groups excluding carboxylic acids is 1. The van der Waals surface area contributed by atoms with Crippen LogP contribution >= 0.6 is 0 Å². The molecule has 2 fully saturated rings. The molecule has 0 aromatic rings. The quantitative estimate of drug-likeness (QED) is 0.819. The van der Waals surface area contributed by atoms with Gasteiger partial charge in [-0.25, -0.2) is 4.79 Å². The molecule has 2 aliphatic heterocycles. The average Bonchev–Trinajstić information content (AvgIpc) is 2.40. The first kappa shape index (κ1) is 13.2. The summed E-state index contributed by atoms with van der Waals surface area (Å²) in [7, 11) is 0. The van der Waals surface area contributed by atoms with Gasteiger partial charge in [0.05, 0.1) is 12.4 Å². The molecule has 102 valence electrons. The summed E-state index contributed by atoms with van der Waals surface area (Å²) in [5.74, 6) is 0.788. The predicted molar refractivity (Wildman–Crippen MR) is 69.9 cm³/mol. The lowest BCUT2D eigenvalue weighted by molar-refractivity contribution is 0.0857. The minimum atomic E-state index is -0.190. The van der Waals surface area contributed by atoms with E-state index in [4.69, 9.17) is 10.1 Å². The molecule has 0 aromatic carbocycles. The zero-order chi connectivity index (χ0) is 13.0. The largest absolute Gasteiger partial charge is 0.450 e. The zero-order valence-corrected chi connectivity index (χ0v) is 11.2. The molecule has 2 aliphatic rings. The number of rotatable bonds is 2. The van der Waals surface area contributed by atoms with Crippen LogP contribution in [-0.4, -0.2) is 54.0 Å². The molecule has 0 aliphatic carbocycles. The highest BCUT2D eigenvalue weighted by Gasteiger charge is 2.29. The third-order valence-corrected chi connectivity index (χ3v) is 3.84. The van der Waals surface area contributed by atoms with Gasteiger partial charge in [-0.1, -0.05) is 0 Å². The fraction of sp³-hybridized carbons (Fsp3) is 0.846. The number of carbonyl (C=O) groups is 1. The molecule has 0 atom stereocenters. The second-order valence-electron chi connectivity index (χ2n) is 5.01. The molecule has 0 bridgehead atoms. The SMILES string of the molecule is CCOC(=O)N1CCC(N2CCCCC2=N)CC1. The van der Waals surface area contributed by atoms with Crippen molar-refractivity contribution in [2.75, 3.05) is 26.2 Å². The van der Waals surface area contributed by atoms with E-state index < -0.39 is 0 Å². The Bertz CT molecular complexity index is 311. The molecule has 0 saturated carbocycles. The van der Waals surface area contributed by atoms with Crippen molar-refractivity contribution < 1.29 is 9.53 Å². The van der Waals surface area contributed by atoms with Gasteiger partial charge in [-0.15, -0.1) is 0 Å². The molecule has 0 spiro atoms. The molecule has 5 heteroatoms. The first-order valence-electron chi connectivity index (χ1n) is 6.98. The Morgan fingerprint density at radius 1 is 1.33 bits per heavy atom. The number of likely N-dealkylation sites (tertiary alicyclic amines) is 2. The van der Waals surface area contributed by atoms with Crippen molar-refractivity contribution >= 4 is 11.9 Å². The summed E-state index contributed by atoms with van der Waals surface area (Å²) in [5, 5.41) is 8.00. The second kappa shape index (κ2) is 6.07. The van der Waals surface area contributed by atoms with E-state index in [1.54, 1.807) is 4.90 Å². The smallest absolute Gasteiger partial charge is 0.409 e. The van der Waals surface area contributed by atoms with Gasteiger partial charge >= 0.3 is 6.09 Å². The van der Waals surface area contributed by atoms with Gasteiger partial charge in [0.1, 0.15) is 0 Å². The minimum absolute atomic E-state index is 0.190. The Labute approximate surface area is 109 Å². The van der Waals surface area contributed by atoms with Gasteiger partial charge in [0.15, 0.2) is 0 Å². The first-order valence-corrected chi connectivity index (χ1v) is 6.98. The summed E-state index contributed by atoms with van der Waals surface area (Å²) in [5.41, 5.74) is 0. The maximum Gasteiger partial charge on any atom is 0.409 e. The molecule has 0 unspecified atom stereocenters. The molecule has 18 heavy (non-hydrogen) atoms. The average molecular weight is 253 g/mol. The highest BCUT2D eigenvalue weighted by Crippen LogP contribution is 2.22. The Kier molecular flexibility index (Phi) is 4.44. The highest BCUT2D eigenvalue weighted by molar-refractivity contribution is 5.80. The Balaban J connectivity index is 1.82. The maximum absolute atomic E-state index is 11.6. The van der Waals surface area contributed by atoms with Crippen LogP contribution in [0.2, 0.25) is 0 Å². The standard InChI is InChI=1S/C13H23N3O2/c1-2-18-13(17)15-9-6-11(7-10-15)16-8-4-3-5-12(16)14/h11,14H,2-10H2,1H3. The van der Waals surface area contributed by atoms with Gasteiger partial charge in [-0.05, 0) is 32.6 Å². The number of nitrogens with one attached hydrogen (secondary N) is 1. The summed E-state index contributed by atoms with van der Waals surface area (Å²) in [6.07, 6.45) is 4.99. The number of hydrogen-bond acceptors (Lipinski definition) is 3. The molecule has 1 amide bonds. The molecule has 2 heterocycles. The van der Waals surface area contributed by atoms with E-state index in [9.17, 15) is 4.79 Å². The molecular weight excluding hydrogens is 230 g/mol. The maximum atomic E-state index is 11.6. The second-order valence-corrected chi connectivity index (χ2v) is 5.01. The number of nitrogens with zero attached hydrogens (tertiary/aromatic N) is 2. The van der Waals surface area contributed by atoms with Crippen molar-refractivity contribution in [1.29, 1.82) is 5.41 Å². The van der Waals surface area contributed by atoms with Crippen LogP contribution in [0.25, 0.3) is 0 Å². The number of ether oxygens (including phenoxy) is 1. The van der Waals surface area contributed by atoms with Gasteiger partial charge in [0.25, 0.3) is 0 Å². The van der Waals surface area contributed by atoms with E-state index in [0.717, 1.165) is 51.2 Å². The van der Waals surface area contributed by atoms with E-state index in [2.05, 4.69) is 4.90 Å². The van der Waals surface area contributed by atoms with E-state index in [-0.39, 0.29) is 6.09 Å². The normalized spacial score (nSPS) is 22.2. The van der Waals surface area contributed by atoms with Crippen LogP contribution < -0.4 is 0 Å². The van der Waals surface area contributed by atoms with Crippen LogP contribution in [0, 0.1) is 5.41 Å². The topological polar surface area (TPSA) is 56.6 Å². The number of piperidine rings is 2. The van der Waals surface area contributed by atoms with Gasteiger partial charge in [-0.2, -0.15) is 0 Å². The predicted octanol–water partition coefficient (Wildman–Crippen LogP) is 2.07. The highest BCUT2D eigenvalue weighted by atomic mass is 16.6. The van der Waals surface area contributed by atoms with Crippen LogP contribution in [0.15, 0.2) is 0 Å². The van der Waals surface area contributed by atoms with Crippen molar-refractivity contribution in [3.63, 3.8) is 0 Å². The molecular formula is C13H23N3O2. The van der Waals surface area contributed by atoms with Gasteiger partial charge in [0, 0.05) is 32.1 Å². The summed E-state index contributed by atoms with van der Waals surface area (Å²) < 4.78 is 5.01. The number of amidine groups is 1. The molecule has 2 rings (SSSR count). The Hall–Kier alpha value is -1.26. The summed E-state index contributed by atoms with van der Waals surface area (Å²) in [6.45, 7) is 4.80. The van der Waals surface area contributed by atoms with Gasteiger partial charge in [0.2, 0.25) is 0 Å². The Morgan fingerprint density at radius 3 is 2.67 bits per heavy atom. The molecule has 1 N–H and O–H groups in total. The van der Waals surface area contributed by atoms with Crippen molar-refractivity contribution in [3.05, 3.63) is 0 Å². The monoisotopic (exact) mass is 253 g/mol. The van der Waals surface area contributed by atoms with Gasteiger partial charge in [-0.3, -0.25) is 5.41 Å². The van der Waals surface area contributed by atoms with Gasteiger partial charge < -0.3 is 14.5 Å². The molecule has 0 radical (unpaired) electrons. The summed E-state index contributed by atoms with van der Waals surface area (Å²) in [4.78, 5) is 15.6. The van der Waals surface area contributed by atoms with Crippen LogP contribution in [0.5, 0.6) is 0 Å². The van der Waals surface area contributed by atoms with E-state index in [1.165, 1.54) is 6.42 Å². The first-order chi connectivity index (χ1) is 8.72. The van der Waals surface area contributed by atoms with Crippen molar-refractivity contribution in [1.82, 2.24) is 9.80 Å². The fourth-order valence-corrected chi connectivity index (χ4v) is 2.83.